The summed E-state index contributed by atoms with van der Waals surface area (Å²) in [6.07, 6.45) is 0. The molecule has 0 aliphatic rings. The summed E-state index contributed by atoms with van der Waals surface area (Å²) in [6, 6.07) is 14.5. The largest absolute Gasteiger partial charge is 0.497 e. The molecule has 0 bridgehead atoms. The van der Waals surface area contributed by atoms with Crippen molar-refractivity contribution in [1.29, 1.82) is 0 Å². The minimum atomic E-state index is -3.82. The highest BCUT2D eigenvalue weighted by Gasteiger charge is 2.42. The third-order valence-electron chi connectivity index (χ3n) is 3.62. The van der Waals surface area contributed by atoms with Gasteiger partial charge in [-0.15, -0.1) is 0 Å². The van der Waals surface area contributed by atoms with E-state index in [2.05, 4.69) is 0 Å². The maximum absolute atomic E-state index is 12.8. The van der Waals surface area contributed by atoms with E-state index in [-0.39, 0.29) is 4.90 Å². The minimum absolute atomic E-state index is 0.0996. The normalized spacial score (nSPS) is 12.0. The summed E-state index contributed by atoms with van der Waals surface area (Å²) in [5, 5.41) is 0. The molecule has 0 heterocycles. The van der Waals surface area contributed by atoms with Crippen LogP contribution in [-0.4, -0.2) is 26.1 Å². The number of carbonyl (C=O) groups excluding carboxylic acids is 1. The zero-order valence-corrected chi connectivity index (χ0v) is 13.6. The second-order valence-electron chi connectivity index (χ2n) is 5.38. The number of sulfone groups is 1. The highest BCUT2D eigenvalue weighted by Crippen LogP contribution is 2.29. The van der Waals surface area contributed by atoms with E-state index in [0.29, 0.717) is 11.3 Å². The van der Waals surface area contributed by atoms with Gasteiger partial charge in [0.05, 0.1) is 12.0 Å². The van der Waals surface area contributed by atoms with Gasteiger partial charge in [-0.3, -0.25) is 4.79 Å². The molecule has 0 aliphatic heterocycles. The maximum atomic E-state index is 12.8. The Morgan fingerprint density at radius 1 is 0.955 bits per heavy atom. The topological polar surface area (TPSA) is 60.4 Å². The Hall–Kier alpha value is -2.14. The van der Waals surface area contributed by atoms with Crippen molar-refractivity contribution in [2.75, 3.05) is 7.11 Å². The molecule has 2 aromatic rings. The van der Waals surface area contributed by atoms with Gasteiger partial charge in [0.15, 0.2) is 15.6 Å². The van der Waals surface area contributed by atoms with Crippen LogP contribution < -0.4 is 4.74 Å². The van der Waals surface area contributed by atoms with Gasteiger partial charge in [0.1, 0.15) is 10.5 Å². The fraction of sp³-hybridized carbons (Fsp3) is 0.235. The van der Waals surface area contributed by atoms with E-state index in [9.17, 15) is 13.2 Å². The summed E-state index contributed by atoms with van der Waals surface area (Å²) in [5.74, 6) is 0.134. The number of methoxy groups -OCH3 is 1. The Kier molecular flexibility index (Phi) is 4.37. The van der Waals surface area contributed by atoms with Gasteiger partial charge in [-0.1, -0.05) is 30.3 Å². The van der Waals surface area contributed by atoms with Crippen LogP contribution in [0.15, 0.2) is 59.5 Å². The second-order valence-corrected chi connectivity index (χ2v) is 7.88. The van der Waals surface area contributed by atoms with E-state index in [1.54, 1.807) is 42.5 Å². The predicted molar refractivity (Wildman–Crippen MR) is 85.0 cm³/mol. The van der Waals surface area contributed by atoms with Crippen molar-refractivity contribution in [3.05, 3.63) is 60.2 Å². The van der Waals surface area contributed by atoms with Crippen LogP contribution in [0.3, 0.4) is 0 Å². The van der Waals surface area contributed by atoms with Gasteiger partial charge in [-0.2, -0.15) is 0 Å². The second kappa shape index (κ2) is 5.93. The Bertz CT molecular complexity index is 760. The average Bonchev–Trinajstić information content (AvgIpc) is 2.54. The maximum Gasteiger partial charge on any atom is 0.190 e. The summed E-state index contributed by atoms with van der Waals surface area (Å²) >= 11 is 0. The van der Waals surface area contributed by atoms with Crippen molar-refractivity contribution in [1.82, 2.24) is 0 Å². The van der Waals surface area contributed by atoms with Crippen molar-refractivity contribution < 1.29 is 17.9 Å². The molecule has 0 radical (unpaired) electrons. The van der Waals surface area contributed by atoms with Crippen LogP contribution in [0, 0.1) is 0 Å². The summed E-state index contributed by atoms with van der Waals surface area (Å²) in [6.45, 7) is 2.86. The number of ether oxygens (including phenoxy) is 1. The van der Waals surface area contributed by atoms with Crippen molar-refractivity contribution in [3.63, 3.8) is 0 Å². The smallest absolute Gasteiger partial charge is 0.190 e. The molecule has 0 unspecified atom stereocenters. The molecule has 0 amide bonds. The van der Waals surface area contributed by atoms with Crippen molar-refractivity contribution >= 4 is 15.6 Å². The molecule has 0 aliphatic carbocycles. The van der Waals surface area contributed by atoms with E-state index in [4.69, 9.17) is 4.74 Å². The molecule has 0 saturated carbocycles. The summed E-state index contributed by atoms with van der Waals surface area (Å²) < 4.78 is 29.1. The van der Waals surface area contributed by atoms with Crippen molar-refractivity contribution in [2.45, 2.75) is 23.5 Å². The van der Waals surface area contributed by atoms with Crippen molar-refractivity contribution in [3.8, 4) is 5.75 Å². The molecule has 0 atom stereocenters. The summed E-state index contributed by atoms with van der Waals surface area (Å²) in [7, 11) is -2.31. The first-order valence-corrected chi connectivity index (χ1v) is 8.27. The van der Waals surface area contributed by atoms with Crippen LogP contribution >= 0.6 is 0 Å². The molecule has 0 N–H and O–H groups in total. The molecule has 116 valence electrons. The molecule has 2 aromatic carbocycles. The number of hydrogen-bond donors (Lipinski definition) is 0. The first-order chi connectivity index (χ1) is 10.3. The molecule has 4 nitrogen and oxygen atoms in total. The van der Waals surface area contributed by atoms with Crippen LogP contribution in [0.5, 0.6) is 5.75 Å². The van der Waals surface area contributed by atoms with Crippen LogP contribution in [-0.2, 0) is 9.84 Å². The third kappa shape index (κ3) is 2.76. The lowest BCUT2D eigenvalue weighted by atomic mass is 10.0. The van der Waals surface area contributed by atoms with Gasteiger partial charge >= 0.3 is 0 Å². The van der Waals surface area contributed by atoms with Crippen molar-refractivity contribution in [2.24, 2.45) is 0 Å². The third-order valence-corrected chi connectivity index (χ3v) is 6.05. The monoisotopic (exact) mass is 318 g/mol. The zero-order valence-electron chi connectivity index (χ0n) is 12.7. The van der Waals surface area contributed by atoms with E-state index >= 15 is 0 Å². The number of carbonyl (C=O) groups is 1. The average molecular weight is 318 g/mol. The Morgan fingerprint density at radius 2 is 1.50 bits per heavy atom. The van der Waals surface area contributed by atoms with Gasteiger partial charge in [-0.25, -0.2) is 8.42 Å². The predicted octanol–water partition coefficient (Wildman–Crippen LogP) is 3.13. The molecule has 0 saturated heterocycles. The van der Waals surface area contributed by atoms with Gasteiger partial charge in [-0.05, 0) is 38.1 Å². The fourth-order valence-corrected chi connectivity index (χ4v) is 3.55. The highest BCUT2D eigenvalue weighted by atomic mass is 32.2. The quantitative estimate of drug-likeness (QED) is 0.795. The number of Topliss-reactive ketones (excluding diaryl/α,β-unsaturated/α-hetero) is 1. The molecule has 0 fully saturated rings. The summed E-state index contributed by atoms with van der Waals surface area (Å²) in [5.41, 5.74) is 0.379. The molecular weight excluding hydrogens is 300 g/mol. The van der Waals surface area contributed by atoms with Crippen LogP contribution in [0.25, 0.3) is 0 Å². The zero-order chi connectivity index (χ0) is 16.4. The Balaban J connectivity index is 2.44. The summed E-state index contributed by atoms with van der Waals surface area (Å²) in [4.78, 5) is 12.7. The SMILES string of the molecule is COc1ccc(S(=O)(=O)C(C)(C)C(=O)c2ccccc2)cc1. The van der Waals surface area contributed by atoms with E-state index in [0.717, 1.165) is 0 Å². The van der Waals surface area contributed by atoms with E-state index in [1.807, 2.05) is 0 Å². The van der Waals surface area contributed by atoms with Gasteiger partial charge in [0.25, 0.3) is 0 Å². The molecule has 0 spiro atoms. The lowest BCUT2D eigenvalue weighted by Crippen LogP contribution is -2.40. The van der Waals surface area contributed by atoms with Crippen LogP contribution in [0.1, 0.15) is 24.2 Å². The Morgan fingerprint density at radius 3 is 2.00 bits per heavy atom. The Labute approximate surface area is 130 Å². The molecule has 5 heteroatoms. The number of rotatable bonds is 5. The first kappa shape index (κ1) is 16.2. The van der Waals surface area contributed by atoms with Crippen LogP contribution in [0.2, 0.25) is 0 Å². The van der Waals surface area contributed by atoms with E-state index in [1.165, 1.54) is 33.1 Å². The van der Waals surface area contributed by atoms with Crippen LogP contribution in [0.4, 0.5) is 0 Å². The fourth-order valence-electron chi connectivity index (χ4n) is 2.11. The molecule has 22 heavy (non-hydrogen) atoms. The van der Waals surface area contributed by atoms with Gasteiger partial charge in [0, 0.05) is 5.56 Å². The minimum Gasteiger partial charge on any atom is -0.497 e. The number of hydrogen-bond acceptors (Lipinski definition) is 4. The lowest BCUT2D eigenvalue weighted by molar-refractivity contribution is 0.0953. The standard InChI is InChI=1S/C17H18O4S/c1-17(2,16(18)13-7-5-4-6-8-13)22(19,20)15-11-9-14(21-3)10-12-15/h4-12H,1-3H3. The van der Waals surface area contributed by atoms with Gasteiger partial charge in [0.2, 0.25) is 0 Å². The number of benzene rings is 2. The molecule has 0 aromatic heterocycles. The van der Waals surface area contributed by atoms with Gasteiger partial charge < -0.3 is 4.74 Å². The first-order valence-electron chi connectivity index (χ1n) is 6.79. The lowest BCUT2D eigenvalue weighted by Gasteiger charge is -2.23. The number of ketones is 1. The molecular formula is C17H18O4S. The molecule has 2 rings (SSSR count). The highest BCUT2D eigenvalue weighted by molar-refractivity contribution is 7.93. The van der Waals surface area contributed by atoms with E-state index < -0.39 is 20.4 Å².